The second-order valence-electron chi connectivity index (χ2n) is 4.51. The van der Waals surface area contributed by atoms with Crippen LogP contribution in [0.1, 0.15) is 13.3 Å². The van der Waals surface area contributed by atoms with Crippen LogP contribution in [0.3, 0.4) is 0 Å². The molecule has 1 aromatic carbocycles. The van der Waals surface area contributed by atoms with Gasteiger partial charge in [-0.2, -0.15) is 4.72 Å². The number of carbonyl (C=O) groups is 2. The van der Waals surface area contributed by atoms with Crippen LogP contribution in [0.15, 0.2) is 29.2 Å². The highest BCUT2D eigenvalue weighted by atomic mass is 32.2. The maximum Gasteiger partial charge on any atom is 0.262 e. The molecule has 1 unspecified atom stereocenters. The predicted octanol–water partition coefficient (Wildman–Crippen LogP) is -0.884. The van der Waals surface area contributed by atoms with Gasteiger partial charge in [0.1, 0.15) is 18.4 Å². The number of hydroxylamine groups is 1. The van der Waals surface area contributed by atoms with Gasteiger partial charge in [0.05, 0.1) is 11.3 Å². The summed E-state index contributed by atoms with van der Waals surface area (Å²) in [5.74, 6) is 3.74. The number of amides is 2. The van der Waals surface area contributed by atoms with Crippen molar-refractivity contribution < 1.29 is 28.0 Å². The number of nitrogens with two attached hydrogens (primary N) is 1. The number of rotatable bonds is 8. The van der Waals surface area contributed by atoms with Crippen LogP contribution < -0.4 is 20.7 Å². The summed E-state index contributed by atoms with van der Waals surface area (Å²) in [6, 6.07) is 3.82. The minimum atomic E-state index is -4.12. The van der Waals surface area contributed by atoms with Crippen molar-refractivity contribution in [2.45, 2.75) is 24.3 Å². The SMILES string of the molecule is CC#CCOc1ccc(S(=O)(=O)NC(CC(N)=O)C(=O)NO)cc1. The lowest BCUT2D eigenvalue weighted by molar-refractivity contribution is -0.133. The fraction of sp³-hybridized carbons (Fsp3) is 0.286. The molecule has 0 aliphatic rings. The molecule has 10 heteroatoms. The van der Waals surface area contributed by atoms with Crippen molar-refractivity contribution in [2.24, 2.45) is 5.73 Å². The number of ether oxygens (including phenoxy) is 1. The first-order chi connectivity index (χ1) is 11.3. The molecule has 0 saturated carbocycles. The van der Waals surface area contributed by atoms with E-state index in [2.05, 4.69) is 11.8 Å². The third kappa shape index (κ3) is 5.88. The lowest BCUT2D eigenvalue weighted by atomic mass is 10.2. The van der Waals surface area contributed by atoms with E-state index in [-0.39, 0.29) is 11.5 Å². The summed E-state index contributed by atoms with van der Waals surface area (Å²) < 4.78 is 31.7. The minimum Gasteiger partial charge on any atom is -0.481 e. The number of benzene rings is 1. The molecule has 1 rings (SSSR count). The smallest absolute Gasteiger partial charge is 0.262 e. The second-order valence-corrected chi connectivity index (χ2v) is 6.22. The molecular weight excluding hydrogens is 338 g/mol. The zero-order valence-electron chi connectivity index (χ0n) is 12.8. The van der Waals surface area contributed by atoms with Gasteiger partial charge in [-0.05, 0) is 31.2 Å². The van der Waals surface area contributed by atoms with E-state index in [4.69, 9.17) is 15.7 Å². The van der Waals surface area contributed by atoms with Gasteiger partial charge >= 0.3 is 0 Å². The van der Waals surface area contributed by atoms with Crippen LogP contribution in [0.5, 0.6) is 5.75 Å². The van der Waals surface area contributed by atoms with E-state index in [9.17, 15) is 18.0 Å². The highest BCUT2D eigenvalue weighted by Gasteiger charge is 2.27. The number of hydrogen-bond acceptors (Lipinski definition) is 6. The van der Waals surface area contributed by atoms with Gasteiger partial charge in [-0.15, -0.1) is 5.92 Å². The van der Waals surface area contributed by atoms with Crippen molar-refractivity contribution in [3.8, 4) is 17.6 Å². The zero-order chi connectivity index (χ0) is 18.2. The Labute approximate surface area is 139 Å². The van der Waals surface area contributed by atoms with Crippen molar-refractivity contribution in [2.75, 3.05) is 6.61 Å². The molecule has 5 N–H and O–H groups in total. The highest BCUT2D eigenvalue weighted by Crippen LogP contribution is 2.16. The Kier molecular flexibility index (Phi) is 7.19. The standard InChI is InChI=1S/C14H17N3O6S/c1-2-3-8-23-10-4-6-11(7-5-10)24(21,22)17-12(9-13(15)18)14(19)16-20/h4-7,12,17,20H,8-9H2,1H3,(H2,15,18)(H,16,19). The number of nitrogens with one attached hydrogen (secondary N) is 2. The van der Waals surface area contributed by atoms with E-state index in [0.29, 0.717) is 5.75 Å². The van der Waals surface area contributed by atoms with E-state index in [1.165, 1.54) is 29.7 Å². The molecule has 24 heavy (non-hydrogen) atoms. The maximum absolute atomic E-state index is 12.2. The molecule has 130 valence electrons. The van der Waals surface area contributed by atoms with Gasteiger partial charge < -0.3 is 10.5 Å². The first-order valence-electron chi connectivity index (χ1n) is 6.67. The van der Waals surface area contributed by atoms with Crippen LogP contribution >= 0.6 is 0 Å². The summed E-state index contributed by atoms with van der Waals surface area (Å²) >= 11 is 0. The molecule has 0 aliphatic carbocycles. The molecule has 1 aromatic rings. The average molecular weight is 355 g/mol. The Balaban J connectivity index is 2.90. The van der Waals surface area contributed by atoms with Gasteiger partial charge in [0.25, 0.3) is 5.91 Å². The summed E-state index contributed by atoms with van der Waals surface area (Å²) in [6.45, 7) is 1.83. The number of carbonyl (C=O) groups excluding carboxylic acids is 2. The van der Waals surface area contributed by atoms with Crippen LogP contribution in [0.4, 0.5) is 0 Å². The Hall–Kier alpha value is -2.61. The van der Waals surface area contributed by atoms with Gasteiger partial charge in [-0.1, -0.05) is 5.92 Å². The number of sulfonamides is 1. The largest absolute Gasteiger partial charge is 0.481 e. The Morgan fingerprint density at radius 1 is 1.33 bits per heavy atom. The Bertz CT molecular complexity index is 749. The predicted molar refractivity (Wildman–Crippen MR) is 83.2 cm³/mol. The van der Waals surface area contributed by atoms with Crippen molar-refractivity contribution in [3.05, 3.63) is 24.3 Å². The molecule has 1 atom stereocenters. The number of hydrogen-bond donors (Lipinski definition) is 4. The van der Waals surface area contributed by atoms with Crippen LogP contribution in [0, 0.1) is 11.8 Å². The Morgan fingerprint density at radius 2 is 1.96 bits per heavy atom. The van der Waals surface area contributed by atoms with E-state index >= 15 is 0 Å². The normalized spacial score (nSPS) is 11.8. The fourth-order valence-corrected chi connectivity index (χ4v) is 2.82. The van der Waals surface area contributed by atoms with Gasteiger partial charge in [-0.3, -0.25) is 14.8 Å². The molecule has 9 nitrogen and oxygen atoms in total. The monoisotopic (exact) mass is 355 g/mol. The molecule has 0 spiro atoms. The molecule has 0 radical (unpaired) electrons. The fourth-order valence-electron chi connectivity index (χ4n) is 1.63. The molecular formula is C14H17N3O6S. The molecule has 0 heterocycles. The van der Waals surface area contributed by atoms with Crippen molar-refractivity contribution in [1.29, 1.82) is 0 Å². The summed E-state index contributed by atoms with van der Waals surface area (Å²) in [5.41, 5.74) is 6.23. The molecule has 0 fully saturated rings. The number of primary amides is 1. The maximum atomic E-state index is 12.2. The van der Waals surface area contributed by atoms with Crippen molar-refractivity contribution >= 4 is 21.8 Å². The lowest BCUT2D eigenvalue weighted by Gasteiger charge is -2.15. The second kappa shape index (κ2) is 8.88. The van der Waals surface area contributed by atoms with E-state index in [1.54, 1.807) is 6.92 Å². The third-order valence-electron chi connectivity index (χ3n) is 2.75. The lowest BCUT2D eigenvalue weighted by Crippen LogP contribution is -2.47. The summed E-state index contributed by atoms with van der Waals surface area (Å²) in [7, 11) is -4.12. The average Bonchev–Trinajstić information content (AvgIpc) is 2.53. The highest BCUT2D eigenvalue weighted by molar-refractivity contribution is 7.89. The van der Waals surface area contributed by atoms with Gasteiger partial charge in [0.15, 0.2) is 0 Å². The van der Waals surface area contributed by atoms with Crippen LogP contribution in [-0.4, -0.2) is 38.1 Å². The minimum absolute atomic E-state index is 0.156. The van der Waals surface area contributed by atoms with Gasteiger partial charge in [0.2, 0.25) is 15.9 Å². The molecule has 0 aromatic heterocycles. The first-order valence-corrected chi connectivity index (χ1v) is 8.15. The molecule has 2 amide bonds. The molecule has 0 bridgehead atoms. The summed E-state index contributed by atoms with van der Waals surface area (Å²) in [5, 5.41) is 8.61. The van der Waals surface area contributed by atoms with E-state index in [1.807, 2.05) is 4.72 Å². The van der Waals surface area contributed by atoms with E-state index in [0.717, 1.165) is 0 Å². The zero-order valence-corrected chi connectivity index (χ0v) is 13.6. The molecule has 0 saturated heterocycles. The molecule has 0 aliphatic heterocycles. The van der Waals surface area contributed by atoms with Gasteiger partial charge in [0, 0.05) is 0 Å². The van der Waals surface area contributed by atoms with Crippen molar-refractivity contribution in [3.63, 3.8) is 0 Å². The third-order valence-corrected chi connectivity index (χ3v) is 4.24. The van der Waals surface area contributed by atoms with Crippen LogP contribution in [0.2, 0.25) is 0 Å². The van der Waals surface area contributed by atoms with E-state index < -0.39 is 34.3 Å². The Morgan fingerprint density at radius 3 is 2.46 bits per heavy atom. The van der Waals surface area contributed by atoms with Crippen LogP contribution in [-0.2, 0) is 19.6 Å². The summed E-state index contributed by atoms with van der Waals surface area (Å²) in [6.07, 6.45) is -0.609. The van der Waals surface area contributed by atoms with Gasteiger partial charge in [-0.25, -0.2) is 13.9 Å². The van der Waals surface area contributed by atoms with Crippen molar-refractivity contribution in [1.82, 2.24) is 10.2 Å². The van der Waals surface area contributed by atoms with Crippen LogP contribution in [0.25, 0.3) is 0 Å². The summed E-state index contributed by atoms with van der Waals surface area (Å²) in [4.78, 5) is 22.2. The first kappa shape index (κ1) is 19.4. The topological polar surface area (TPSA) is 148 Å². The quantitative estimate of drug-likeness (QED) is 0.270.